The number of rotatable bonds is 9. The smallest absolute Gasteiger partial charge is 0.135 e. The van der Waals surface area contributed by atoms with Gasteiger partial charge in [0.05, 0.1) is 0 Å². The van der Waals surface area contributed by atoms with Gasteiger partial charge in [0.15, 0.2) is 0 Å². The van der Waals surface area contributed by atoms with Crippen LogP contribution in [0.3, 0.4) is 0 Å². The second kappa shape index (κ2) is 19.5. The fourth-order valence-electron chi connectivity index (χ4n) is 10.5. The Hall–Kier alpha value is -6.42. The number of fused-ring (bicyclic) bond motifs is 4. The summed E-state index contributed by atoms with van der Waals surface area (Å²) in [6.45, 7) is 38.9. The van der Waals surface area contributed by atoms with Gasteiger partial charge in [0, 0.05) is 66.8 Å². The molecular weight excluding hydrogens is 1110 g/mol. The summed E-state index contributed by atoms with van der Waals surface area (Å²) in [5.41, 5.74) is 15.3. The fourth-order valence-corrected chi connectivity index (χ4v) is 10.5. The zero-order chi connectivity index (χ0) is 53.6. The average Bonchev–Trinajstić information content (AvgIpc) is 3.93. The largest absolute Gasteiger partial charge is 0.509 e. The van der Waals surface area contributed by atoms with E-state index in [1.807, 2.05) is 6.20 Å². The van der Waals surface area contributed by atoms with E-state index in [2.05, 4.69) is 296 Å². The summed E-state index contributed by atoms with van der Waals surface area (Å²) in [7, 11) is 0. The van der Waals surface area contributed by atoms with Crippen molar-refractivity contribution in [2.45, 2.75) is 143 Å². The molecule has 3 heterocycles. The standard InChI is InChI=1S/C70H75N4O.Pt/c1-65(2,3)48-27-32-61-63(41-48)73(54-36-51(67(7,8)9)35-52(37-54)68(10,11)12)45-72(61)55-38-53(70(15,16)47-25-21-18-22-26-47)39-57(43-55)75-56-29-30-58-59-40-50(69(13,14)46-23-19-17-20-24-46)28-31-60(59)74(62(58)44-56)64-42-49(33-34-71-64)66(4,5)6;/h17-42,45H,1-16H3;/q-3;. The van der Waals surface area contributed by atoms with Gasteiger partial charge in [0.1, 0.15) is 5.82 Å². The van der Waals surface area contributed by atoms with E-state index in [1.165, 1.54) is 38.9 Å². The molecule has 5 nitrogen and oxygen atoms in total. The van der Waals surface area contributed by atoms with Gasteiger partial charge in [0.25, 0.3) is 0 Å². The molecule has 0 aliphatic carbocycles. The first-order valence-corrected chi connectivity index (χ1v) is 26.8. The van der Waals surface area contributed by atoms with Crippen molar-refractivity contribution in [3.63, 3.8) is 0 Å². The van der Waals surface area contributed by atoms with E-state index in [0.29, 0.717) is 11.5 Å². The van der Waals surface area contributed by atoms with Gasteiger partial charge in [0.2, 0.25) is 0 Å². The van der Waals surface area contributed by atoms with Gasteiger partial charge < -0.3 is 19.1 Å². The molecule has 10 rings (SSSR count). The van der Waals surface area contributed by atoms with Crippen molar-refractivity contribution in [1.29, 1.82) is 0 Å². The molecule has 0 fully saturated rings. The molecule has 0 atom stereocenters. The van der Waals surface area contributed by atoms with Crippen LogP contribution >= 0.6 is 0 Å². The summed E-state index contributed by atoms with van der Waals surface area (Å²) in [4.78, 5) is 9.71. The number of benzene rings is 7. The van der Waals surface area contributed by atoms with Crippen molar-refractivity contribution in [2.24, 2.45) is 0 Å². The monoisotopic (exact) mass is 1180 g/mol. The number of pyridine rings is 1. The molecule has 0 N–H and O–H groups in total. The molecule has 394 valence electrons. The number of nitrogens with zero attached hydrogens (tertiary/aromatic N) is 4. The summed E-state index contributed by atoms with van der Waals surface area (Å²) >= 11 is 0. The summed E-state index contributed by atoms with van der Waals surface area (Å²) in [6.07, 6.45) is 1.93. The van der Waals surface area contributed by atoms with Gasteiger partial charge in [-0.25, -0.2) is 4.98 Å². The molecule has 0 unspecified atom stereocenters. The molecule has 7 aromatic carbocycles. The molecule has 6 heteroatoms. The van der Waals surface area contributed by atoms with E-state index >= 15 is 0 Å². The van der Waals surface area contributed by atoms with Crippen molar-refractivity contribution in [1.82, 2.24) is 9.55 Å². The van der Waals surface area contributed by atoms with E-state index in [1.54, 1.807) is 0 Å². The molecule has 76 heavy (non-hydrogen) atoms. The summed E-state index contributed by atoms with van der Waals surface area (Å²) in [5, 5.41) is 2.22. The van der Waals surface area contributed by atoms with E-state index in [9.17, 15) is 0 Å². The molecular formula is C70H75N4OPt-3. The third-order valence-corrected chi connectivity index (χ3v) is 15.8. The Morgan fingerprint density at radius 1 is 0.421 bits per heavy atom. The van der Waals surface area contributed by atoms with E-state index < -0.39 is 0 Å². The molecule has 0 saturated heterocycles. The van der Waals surface area contributed by atoms with Crippen molar-refractivity contribution in [3.8, 4) is 17.3 Å². The second-order valence-corrected chi connectivity index (χ2v) is 26.1. The van der Waals surface area contributed by atoms with Gasteiger partial charge >= 0.3 is 0 Å². The number of hydrogen-bond acceptors (Lipinski definition) is 4. The summed E-state index contributed by atoms with van der Waals surface area (Å²) < 4.78 is 9.39. The first-order chi connectivity index (χ1) is 35.2. The Kier molecular flexibility index (Phi) is 14.0. The quantitative estimate of drug-likeness (QED) is 0.135. The first kappa shape index (κ1) is 54.4. The van der Waals surface area contributed by atoms with Gasteiger partial charge in [-0.1, -0.05) is 201 Å². The van der Waals surface area contributed by atoms with E-state index in [0.717, 1.165) is 55.9 Å². The number of anilines is 4. The third kappa shape index (κ3) is 10.3. The van der Waals surface area contributed by atoms with Crippen LogP contribution in [0.1, 0.15) is 155 Å². The van der Waals surface area contributed by atoms with Crippen molar-refractivity contribution >= 4 is 44.6 Å². The predicted octanol–water partition coefficient (Wildman–Crippen LogP) is 18.8. The number of hydrogen-bond donors (Lipinski definition) is 0. The average molecular weight is 1180 g/mol. The van der Waals surface area contributed by atoms with Crippen LogP contribution in [0.2, 0.25) is 0 Å². The van der Waals surface area contributed by atoms with Crippen LogP contribution in [0.25, 0.3) is 27.6 Å². The van der Waals surface area contributed by atoms with E-state index in [4.69, 9.17) is 9.72 Å². The molecule has 0 spiro atoms. The summed E-state index contributed by atoms with van der Waals surface area (Å²) in [6, 6.07) is 63.2. The van der Waals surface area contributed by atoms with Crippen LogP contribution in [0.4, 0.5) is 22.7 Å². The molecule has 9 aromatic rings. The van der Waals surface area contributed by atoms with Gasteiger partial charge in [-0.3, -0.25) is 0 Å². The predicted molar refractivity (Wildman–Crippen MR) is 316 cm³/mol. The van der Waals surface area contributed by atoms with Crippen molar-refractivity contribution in [2.75, 3.05) is 9.80 Å². The van der Waals surface area contributed by atoms with Crippen LogP contribution in [-0.4, -0.2) is 9.55 Å². The minimum Gasteiger partial charge on any atom is -0.509 e. The normalized spacial score (nSPS) is 13.6. The molecule has 0 radical (unpaired) electrons. The molecule has 0 bridgehead atoms. The van der Waals surface area contributed by atoms with Crippen LogP contribution in [0, 0.1) is 18.8 Å². The van der Waals surface area contributed by atoms with Crippen LogP contribution < -0.4 is 14.5 Å². The van der Waals surface area contributed by atoms with Gasteiger partial charge in [-0.15, -0.1) is 53.6 Å². The van der Waals surface area contributed by atoms with Crippen LogP contribution in [0.5, 0.6) is 11.5 Å². The number of ether oxygens (including phenoxy) is 1. The Morgan fingerprint density at radius 2 is 0.987 bits per heavy atom. The molecule has 0 amide bonds. The Balaban J connectivity index is 0.00000706. The van der Waals surface area contributed by atoms with Crippen LogP contribution in [0.15, 0.2) is 158 Å². The first-order valence-electron chi connectivity index (χ1n) is 26.8. The second-order valence-electron chi connectivity index (χ2n) is 26.1. The maximum absolute atomic E-state index is 7.13. The zero-order valence-electron chi connectivity index (χ0n) is 47.6. The van der Waals surface area contributed by atoms with E-state index in [-0.39, 0.29) is 53.6 Å². The maximum Gasteiger partial charge on any atom is 0.135 e. The Bertz CT molecular complexity index is 3560. The van der Waals surface area contributed by atoms with Crippen LogP contribution in [-0.2, 0) is 53.6 Å². The molecule has 1 aliphatic heterocycles. The molecule has 1 aliphatic rings. The maximum atomic E-state index is 7.13. The topological polar surface area (TPSA) is 33.5 Å². The SMILES string of the molecule is CC(C)(C)c1cc(N2[CH-]N(c3[c-]c(Oc4[c-]c5c(cc4)c4cc(C(C)(C)c6ccccc6)ccc4n5-c4cc(C(C)(C)C)ccn4)cc(C(C)(C)c4ccccc4)c3)c3ccc(C(C)(C)C)cc32)cc(C(C)(C)C)c1.[Pt]. The summed E-state index contributed by atoms with van der Waals surface area (Å²) in [5.74, 6) is 2.04. The number of aromatic nitrogens is 2. The van der Waals surface area contributed by atoms with Crippen molar-refractivity contribution in [3.05, 3.63) is 221 Å². The zero-order valence-corrected chi connectivity index (χ0v) is 49.9. The van der Waals surface area contributed by atoms with Gasteiger partial charge in [-0.2, -0.15) is 6.07 Å². The van der Waals surface area contributed by atoms with Gasteiger partial charge in [-0.05, 0) is 114 Å². The Labute approximate surface area is 468 Å². The molecule has 0 saturated carbocycles. The minimum atomic E-state index is -0.390. The third-order valence-electron chi connectivity index (χ3n) is 15.8. The minimum absolute atomic E-state index is 0. The Morgan fingerprint density at radius 3 is 1.58 bits per heavy atom. The fraction of sp³-hybridized carbons (Fsp3) is 0.314. The molecule has 2 aromatic heterocycles. The van der Waals surface area contributed by atoms with Crippen molar-refractivity contribution < 1.29 is 25.8 Å².